The van der Waals surface area contributed by atoms with Gasteiger partial charge in [0.05, 0.1) is 4.92 Å². The second-order valence-corrected chi connectivity index (χ2v) is 4.97. The topological polar surface area (TPSA) is 135 Å². The van der Waals surface area contributed by atoms with Crippen LogP contribution in [0.1, 0.15) is 20.3 Å². The summed E-state index contributed by atoms with van der Waals surface area (Å²) < 4.78 is 5.21. The Morgan fingerprint density at radius 3 is 2.54 bits per heavy atom. The lowest BCUT2D eigenvalue weighted by atomic mass is 9.84. The SMILES string of the molecule is CCC1(C(=O)Oc2ccc([N+](=O)[O-])cc2)N=NC(=O)C(C#N)=C1C. The Hall–Kier alpha value is -3.41. The Labute approximate surface area is 136 Å². The summed E-state index contributed by atoms with van der Waals surface area (Å²) in [6, 6.07) is 6.65. The molecule has 0 bridgehead atoms. The van der Waals surface area contributed by atoms with Gasteiger partial charge in [0.25, 0.3) is 5.69 Å². The van der Waals surface area contributed by atoms with Gasteiger partial charge in [-0.3, -0.25) is 14.9 Å². The summed E-state index contributed by atoms with van der Waals surface area (Å²) in [5.41, 5.74) is -1.79. The van der Waals surface area contributed by atoms with Crippen molar-refractivity contribution in [3.8, 4) is 11.8 Å². The van der Waals surface area contributed by atoms with Crippen molar-refractivity contribution in [3.63, 3.8) is 0 Å². The van der Waals surface area contributed by atoms with Crippen molar-refractivity contribution >= 4 is 17.6 Å². The number of amides is 1. The molecule has 9 nitrogen and oxygen atoms in total. The van der Waals surface area contributed by atoms with E-state index in [1.54, 1.807) is 13.0 Å². The van der Waals surface area contributed by atoms with Crippen molar-refractivity contribution in [1.82, 2.24) is 0 Å². The molecule has 24 heavy (non-hydrogen) atoms. The van der Waals surface area contributed by atoms with Gasteiger partial charge in [-0.15, -0.1) is 5.11 Å². The zero-order valence-electron chi connectivity index (χ0n) is 12.8. The van der Waals surface area contributed by atoms with Gasteiger partial charge >= 0.3 is 11.9 Å². The highest BCUT2D eigenvalue weighted by atomic mass is 16.6. The number of ether oxygens (including phenoxy) is 1. The minimum absolute atomic E-state index is 0.0804. The van der Waals surface area contributed by atoms with E-state index in [4.69, 9.17) is 10.00 Å². The highest BCUT2D eigenvalue weighted by molar-refractivity contribution is 6.02. The number of azo groups is 1. The van der Waals surface area contributed by atoms with Crippen molar-refractivity contribution in [1.29, 1.82) is 5.26 Å². The van der Waals surface area contributed by atoms with Crippen LogP contribution in [-0.4, -0.2) is 22.3 Å². The molecule has 1 atom stereocenters. The number of non-ortho nitro benzene ring substituents is 1. The Balaban J connectivity index is 2.34. The minimum Gasteiger partial charge on any atom is -0.424 e. The lowest BCUT2D eigenvalue weighted by Crippen LogP contribution is -2.43. The van der Waals surface area contributed by atoms with Crippen molar-refractivity contribution in [2.45, 2.75) is 25.8 Å². The van der Waals surface area contributed by atoms with E-state index < -0.39 is 22.3 Å². The average Bonchev–Trinajstić information content (AvgIpc) is 2.56. The maximum atomic E-state index is 12.6. The molecule has 1 aromatic rings. The number of rotatable bonds is 4. The standard InChI is InChI=1S/C15H12N4O5/c1-3-15(9(2)12(8-16)13(20)17-18-15)14(21)24-11-6-4-10(5-7-11)19(22)23/h4-7H,3H2,1-2H3. The first-order valence-electron chi connectivity index (χ1n) is 6.91. The molecule has 1 amide bonds. The summed E-state index contributed by atoms with van der Waals surface area (Å²) in [4.78, 5) is 34.2. The fourth-order valence-corrected chi connectivity index (χ4v) is 2.26. The second-order valence-electron chi connectivity index (χ2n) is 4.97. The van der Waals surface area contributed by atoms with E-state index in [0.29, 0.717) is 0 Å². The van der Waals surface area contributed by atoms with Gasteiger partial charge in [0, 0.05) is 12.1 Å². The molecule has 0 fully saturated rings. The molecule has 1 aliphatic rings. The monoisotopic (exact) mass is 328 g/mol. The third kappa shape index (κ3) is 2.77. The molecule has 0 aliphatic carbocycles. The third-order valence-corrected chi connectivity index (χ3v) is 3.74. The molecule has 0 saturated carbocycles. The van der Waals surface area contributed by atoms with Gasteiger partial charge in [0.2, 0.25) is 5.54 Å². The van der Waals surface area contributed by atoms with Crippen LogP contribution < -0.4 is 4.74 Å². The molecule has 122 valence electrons. The largest absolute Gasteiger partial charge is 0.424 e. The highest BCUT2D eigenvalue weighted by Gasteiger charge is 2.46. The van der Waals surface area contributed by atoms with Crippen LogP contribution in [0.25, 0.3) is 0 Å². The summed E-state index contributed by atoms with van der Waals surface area (Å²) in [6.07, 6.45) is 0.132. The van der Waals surface area contributed by atoms with E-state index in [-0.39, 0.29) is 29.0 Å². The molecule has 0 saturated heterocycles. The maximum absolute atomic E-state index is 12.6. The van der Waals surface area contributed by atoms with Crippen LogP contribution in [0.4, 0.5) is 5.69 Å². The zero-order chi connectivity index (χ0) is 17.9. The van der Waals surface area contributed by atoms with Crippen LogP contribution in [0, 0.1) is 21.4 Å². The van der Waals surface area contributed by atoms with E-state index in [2.05, 4.69) is 10.2 Å². The summed E-state index contributed by atoms with van der Waals surface area (Å²) in [5.74, 6) is -1.54. The molecule has 0 aromatic heterocycles. The summed E-state index contributed by atoms with van der Waals surface area (Å²) >= 11 is 0. The number of nitriles is 1. The smallest absolute Gasteiger partial charge is 0.345 e. The fraction of sp³-hybridized carbons (Fsp3) is 0.267. The van der Waals surface area contributed by atoms with Gasteiger partial charge in [-0.1, -0.05) is 6.92 Å². The second kappa shape index (κ2) is 6.37. The Morgan fingerprint density at radius 2 is 2.04 bits per heavy atom. The van der Waals surface area contributed by atoms with Crippen molar-refractivity contribution < 1.29 is 19.2 Å². The number of nitrogens with zero attached hydrogens (tertiary/aromatic N) is 4. The molecular formula is C15H12N4O5. The molecule has 2 rings (SSSR count). The number of hydrogen-bond donors (Lipinski definition) is 0. The van der Waals surface area contributed by atoms with Gasteiger partial charge < -0.3 is 4.74 Å². The fourth-order valence-electron chi connectivity index (χ4n) is 2.26. The number of hydrogen-bond acceptors (Lipinski definition) is 7. The molecule has 1 heterocycles. The third-order valence-electron chi connectivity index (χ3n) is 3.74. The van der Waals surface area contributed by atoms with Crippen LogP contribution in [0.2, 0.25) is 0 Å². The highest BCUT2D eigenvalue weighted by Crippen LogP contribution is 2.34. The predicted molar refractivity (Wildman–Crippen MR) is 79.9 cm³/mol. The number of benzene rings is 1. The number of carbonyl (C=O) groups excluding carboxylic acids is 2. The zero-order valence-corrected chi connectivity index (χ0v) is 12.8. The van der Waals surface area contributed by atoms with Crippen molar-refractivity contribution in [2.75, 3.05) is 0 Å². The van der Waals surface area contributed by atoms with Crippen molar-refractivity contribution in [2.24, 2.45) is 10.2 Å². The van der Waals surface area contributed by atoms with Crippen LogP contribution >= 0.6 is 0 Å². The van der Waals surface area contributed by atoms with Crippen molar-refractivity contribution in [3.05, 3.63) is 45.5 Å². The molecular weight excluding hydrogens is 316 g/mol. The normalized spacial score (nSPS) is 19.8. The molecule has 1 aliphatic heterocycles. The lowest BCUT2D eigenvalue weighted by molar-refractivity contribution is -0.384. The van der Waals surface area contributed by atoms with E-state index in [1.165, 1.54) is 31.2 Å². The molecule has 0 N–H and O–H groups in total. The van der Waals surface area contributed by atoms with Crippen LogP contribution in [0.5, 0.6) is 5.75 Å². The summed E-state index contributed by atoms with van der Waals surface area (Å²) in [5, 5.41) is 26.8. The first-order valence-corrected chi connectivity index (χ1v) is 6.91. The summed E-state index contributed by atoms with van der Waals surface area (Å²) in [7, 11) is 0. The quantitative estimate of drug-likeness (QED) is 0.360. The van der Waals surface area contributed by atoms with E-state index >= 15 is 0 Å². The first kappa shape index (κ1) is 17.0. The number of esters is 1. The maximum Gasteiger partial charge on any atom is 0.345 e. The van der Waals surface area contributed by atoms with Gasteiger partial charge in [-0.25, -0.2) is 4.79 Å². The molecule has 1 aromatic carbocycles. The minimum atomic E-state index is -1.57. The predicted octanol–water partition coefficient (Wildman–Crippen LogP) is 2.48. The van der Waals surface area contributed by atoms with Gasteiger partial charge in [-0.2, -0.15) is 10.4 Å². The van der Waals surface area contributed by atoms with E-state index in [9.17, 15) is 19.7 Å². The van der Waals surface area contributed by atoms with E-state index in [1.807, 2.05) is 0 Å². The lowest BCUT2D eigenvalue weighted by Gasteiger charge is -2.28. The van der Waals surface area contributed by atoms with E-state index in [0.717, 1.165) is 0 Å². The Bertz CT molecular complexity index is 819. The van der Waals surface area contributed by atoms with Gasteiger partial charge in [0.1, 0.15) is 17.4 Å². The average molecular weight is 328 g/mol. The first-order chi connectivity index (χ1) is 11.4. The molecule has 1 unspecified atom stereocenters. The van der Waals surface area contributed by atoms with Gasteiger partial charge in [-0.05, 0) is 31.1 Å². The molecule has 0 radical (unpaired) electrons. The van der Waals surface area contributed by atoms with Crippen LogP contribution in [0.15, 0.2) is 45.6 Å². The number of nitro groups is 1. The Kier molecular flexibility index (Phi) is 4.50. The van der Waals surface area contributed by atoms with Crippen LogP contribution in [-0.2, 0) is 9.59 Å². The summed E-state index contributed by atoms with van der Waals surface area (Å²) in [6.45, 7) is 3.10. The van der Waals surface area contributed by atoms with Gasteiger partial charge in [0.15, 0.2) is 0 Å². The molecule has 9 heteroatoms. The Morgan fingerprint density at radius 1 is 1.42 bits per heavy atom. The van der Waals surface area contributed by atoms with Crippen LogP contribution in [0.3, 0.4) is 0 Å². The molecule has 0 spiro atoms. The number of carbonyl (C=O) groups is 2. The number of nitro benzene ring substituents is 1.